The molecule has 1 aromatic heterocycles. The van der Waals surface area contributed by atoms with Gasteiger partial charge in [0.25, 0.3) is 0 Å². The molecule has 4 heteroatoms. The Labute approximate surface area is 113 Å². The van der Waals surface area contributed by atoms with Gasteiger partial charge in [0, 0.05) is 23.0 Å². The minimum Gasteiger partial charge on any atom is -0.496 e. The quantitative estimate of drug-likeness (QED) is 0.836. The van der Waals surface area contributed by atoms with Crippen LogP contribution >= 0.6 is 0 Å². The molecule has 19 heavy (non-hydrogen) atoms. The van der Waals surface area contributed by atoms with Gasteiger partial charge in [0.05, 0.1) is 19.3 Å². The molecule has 100 valence electrons. The number of ether oxygens (including phenoxy) is 1. The average Bonchev–Trinajstić information content (AvgIpc) is 2.92. The molecule has 0 aliphatic carbocycles. The Hall–Kier alpha value is -2.10. The maximum Gasteiger partial charge on any atom is 0.124 e. The van der Waals surface area contributed by atoms with Crippen molar-refractivity contribution in [1.82, 2.24) is 10.2 Å². The molecule has 2 aromatic rings. The van der Waals surface area contributed by atoms with Gasteiger partial charge in [-0.2, -0.15) is 5.10 Å². The van der Waals surface area contributed by atoms with Gasteiger partial charge in [-0.25, -0.2) is 0 Å². The standard InChI is InChI=1S/C15H19N3O/c1-4-14-12(10-17-18-14)9-16-11(2)13-7-5-6-8-15(13)19-3/h5-11H,4H2,1-3H3,(H,17,18). The van der Waals surface area contributed by atoms with Gasteiger partial charge in [0.1, 0.15) is 5.75 Å². The molecule has 0 aliphatic heterocycles. The Morgan fingerprint density at radius 3 is 2.95 bits per heavy atom. The van der Waals surface area contributed by atoms with Crippen LogP contribution in [0.3, 0.4) is 0 Å². The summed E-state index contributed by atoms with van der Waals surface area (Å²) in [5, 5.41) is 7.01. The summed E-state index contributed by atoms with van der Waals surface area (Å²) in [5.41, 5.74) is 3.24. The van der Waals surface area contributed by atoms with Gasteiger partial charge in [-0.3, -0.25) is 10.1 Å². The number of aromatic nitrogens is 2. The maximum atomic E-state index is 5.36. The second-order valence-electron chi connectivity index (χ2n) is 4.35. The molecule has 0 aliphatic rings. The van der Waals surface area contributed by atoms with Crippen LogP contribution in [-0.2, 0) is 6.42 Å². The molecule has 1 unspecified atom stereocenters. The van der Waals surface area contributed by atoms with E-state index in [1.165, 1.54) is 0 Å². The van der Waals surface area contributed by atoms with Crippen molar-refractivity contribution < 1.29 is 4.74 Å². The first-order valence-corrected chi connectivity index (χ1v) is 6.44. The Balaban J connectivity index is 2.19. The number of benzene rings is 1. The zero-order valence-electron chi connectivity index (χ0n) is 11.6. The summed E-state index contributed by atoms with van der Waals surface area (Å²) in [7, 11) is 1.68. The van der Waals surface area contributed by atoms with Crippen molar-refractivity contribution in [3.8, 4) is 5.75 Å². The second-order valence-corrected chi connectivity index (χ2v) is 4.35. The molecule has 1 heterocycles. The monoisotopic (exact) mass is 257 g/mol. The van der Waals surface area contributed by atoms with E-state index in [4.69, 9.17) is 4.74 Å². The summed E-state index contributed by atoms with van der Waals surface area (Å²) in [4.78, 5) is 4.59. The van der Waals surface area contributed by atoms with Crippen LogP contribution in [0.4, 0.5) is 0 Å². The fourth-order valence-electron chi connectivity index (χ4n) is 2.00. The third-order valence-electron chi connectivity index (χ3n) is 3.13. The lowest BCUT2D eigenvalue weighted by atomic mass is 10.1. The Morgan fingerprint density at radius 2 is 2.21 bits per heavy atom. The lowest BCUT2D eigenvalue weighted by Crippen LogP contribution is -1.96. The normalized spacial score (nSPS) is 12.8. The predicted molar refractivity (Wildman–Crippen MR) is 77.0 cm³/mol. The zero-order valence-corrected chi connectivity index (χ0v) is 11.6. The van der Waals surface area contributed by atoms with Gasteiger partial charge in [-0.1, -0.05) is 25.1 Å². The van der Waals surface area contributed by atoms with Gasteiger partial charge >= 0.3 is 0 Å². The molecule has 0 bridgehead atoms. The largest absolute Gasteiger partial charge is 0.496 e. The highest BCUT2D eigenvalue weighted by atomic mass is 16.5. The topological polar surface area (TPSA) is 50.3 Å². The summed E-state index contributed by atoms with van der Waals surface area (Å²) in [6, 6.07) is 8.01. The summed E-state index contributed by atoms with van der Waals surface area (Å²) in [6.45, 7) is 4.15. The van der Waals surface area contributed by atoms with E-state index in [0.29, 0.717) is 0 Å². The van der Waals surface area contributed by atoms with E-state index >= 15 is 0 Å². The van der Waals surface area contributed by atoms with Gasteiger partial charge < -0.3 is 4.74 Å². The first-order valence-electron chi connectivity index (χ1n) is 6.44. The summed E-state index contributed by atoms with van der Waals surface area (Å²) >= 11 is 0. The highest BCUT2D eigenvalue weighted by Crippen LogP contribution is 2.26. The van der Waals surface area contributed by atoms with Crippen LogP contribution in [-0.4, -0.2) is 23.5 Å². The minimum absolute atomic E-state index is 0.0516. The summed E-state index contributed by atoms with van der Waals surface area (Å²) < 4.78 is 5.36. The molecule has 1 atom stereocenters. The predicted octanol–water partition coefficient (Wildman–Crippen LogP) is 3.16. The van der Waals surface area contributed by atoms with Crippen LogP contribution in [0, 0.1) is 0 Å². The number of hydrogen-bond acceptors (Lipinski definition) is 3. The number of rotatable bonds is 5. The summed E-state index contributed by atoms with van der Waals surface area (Å²) in [5.74, 6) is 0.870. The lowest BCUT2D eigenvalue weighted by Gasteiger charge is -2.11. The van der Waals surface area contributed by atoms with Crippen molar-refractivity contribution in [2.75, 3.05) is 7.11 Å². The van der Waals surface area contributed by atoms with E-state index in [1.807, 2.05) is 30.5 Å². The lowest BCUT2D eigenvalue weighted by molar-refractivity contribution is 0.407. The summed E-state index contributed by atoms with van der Waals surface area (Å²) in [6.07, 6.45) is 4.60. The number of para-hydroxylation sites is 1. The Morgan fingerprint density at radius 1 is 1.42 bits per heavy atom. The molecule has 0 saturated heterocycles. The van der Waals surface area contributed by atoms with Crippen molar-refractivity contribution in [1.29, 1.82) is 0 Å². The first-order chi connectivity index (χ1) is 9.26. The Kier molecular flexibility index (Phi) is 4.34. The van der Waals surface area contributed by atoms with E-state index in [0.717, 1.165) is 29.0 Å². The zero-order chi connectivity index (χ0) is 13.7. The van der Waals surface area contributed by atoms with Gasteiger partial charge in [-0.15, -0.1) is 0 Å². The van der Waals surface area contributed by atoms with Gasteiger partial charge in [0.2, 0.25) is 0 Å². The average molecular weight is 257 g/mol. The molecule has 0 fully saturated rings. The van der Waals surface area contributed by atoms with E-state index < -0.39 is 0 Å². The highest BCUT2D eigenvalue weighted by molar-refractivity contribution is 5.80. The van der Waals surface area contributed by atoms with Gasteiger partial charge in [-0.05, 0) is 19.4 Å². The number of methoxy groups -OCH3 is 1. The van der Waals surface area contributed by atoms with Crippen molar-refractivity contribution >= 4 is 6.21 Å². The van der Waals surface area contributed by atoms with E-state index in [2.05, 4.69) is 29.0 Å². The smallest absolute Gasteiger partial charge is 0.124 e. The molecule has 0 spiro atoms. The molecule has 1 N–H and O–H groups in total. The van der Waals surface area contributed by atoms with Crippen LogP contribution in [0.1, 0.15) is 36.7 Å². The van der Waals surface area contributed by atoms with Crippen molar-refractivity contribution in [3.63, 3.8) is 0 Å². The van der Waals surface area contributed by atoms with Crippen molar-refractivity contribution in [3.05, 3.63) is 47.3 Å². The van der Waals surface area contributed by atoms with E-state index in [1.54, 1.807) is 13.3 Å². The fourth-order valence-corrected chi connectivity index (χ4v) is 2.00. The molecular weight excluding hydrogens is 238 g/mol. The SMILES string of the molecule is CCc1[nH]ncc1C=NC(C)c1ccccc1OC. The molecule has 1 aromatic carbocycles. The van der Waals surface area contributed by atoms with Crippen LogP contribution in [0.25, 0.3) is 0 Å². The van der Waals surface area contributed by atoms with Crippen LogP contribution in [0.2, 0.25) is 0 Å². The Bertz CT molecular complexity index is 560. The number of H-pyrrole nitrogens is 1. The maximum absolute atomic E-state index is 5.36. The fraction of sp³-hybridized carbons (Fsp3) is 0.333. The first kappa shape index (κ1) is 13.3. The highest BCUT2D eigenvalue weighted by Gasteiger charge is 2.09. The number of nitrogens with one attached hydrogen (secondary N) is 1. The van der Waals surface area contributed by atoms with E-state index in [-0.39, 0.29) is 6.04 Å². The number of aryl methyl sites for hydroxylation is 1. The number of hydrogen-bond donors (Lipinski definition) is 1. The molecule has 0 saturated carbocycles. The minimum atomic E-state index is 0.0516. The third-order valence-corrected chi connectivity index (χ3v) is 3.13. The molecule has 0 amide bonds. The molecule has 2 rings (SSSR count). The molecular formula is C15H19N3O. The van der Waals surface area contributed by atoms with Crippen LogP contribution in [0.15, 0.2) is 35.5 Å². The van der Waals surface area contributed by atoms with Crippen LogP contribution in [0.5, 0.6) is 5.75 Å². The third kappa shape index (κ3) is 3.02. The van der Waals surface area contributed by atoms with Crippen LogP contribution < -0.4 is 4.74 Å². The number of nitrogens with zero attached hydrogens (tertiary/aromatic N) is 2. The van der Waals surface area contributed by atoms with Crippen molar-refractivity contribution in [2.45, 2.75) is 26.3 Å². The molecule has 0 radical (unpaired) electrons. The number of aromatic amines is 1. The second kappa shape index (κ2) is 6.18. The van der Waals surface area contributed by atoms with Gasteiger partial charge in [0.15, 0.2) is 0 Å². The number of aliphatic imine (C=N–C) groups is 1. The van der Waals surface area contributed by atoms with Crippen molar-refractivity contribution in [2.24, 2.45) is 4.99 Å². The molecule has 4 nitrogen and oxygen atoms in total. The van der Waals surface area contributed by atoms with E-state index in [9.17, 15) is 0 Å².